The van der Waals surface area contributed by atoms with Crippen molar-refractivity contribution in [2.24, 2.45) is 0 Å². The summed E-state index contributed by atoms with van der Waals surface area (Å²) in [4.78, 5) is 4.12. The van der Waals surface area contributed by atoms with Gasteiger partial charge in [0, 0.05) is 22.6 Å². The van der Waals surface area contributed by atoms with Crippen LogP contribution >= 0.6 is 50.8 Å². The van der Waals surface area contributed by atoms with Crippen LogP contribution in [0, 0.1) is 0 Å². The molecule has 3 nitrogen and oxygen atoms in total. The summed E-state index contributed by atoms with van der Waals surface area (Å²) < 4.78 is 3.02. The van der Waals surface area contributed by atoms with E-state index < -0.39 is 0 Å². The first kappa shape index (κ1) is 12.3. The minimum absolute atomic E-state index is 0.870. The second-order valence-corrected chi connectivity index (χ2v) is 7.01. The number of pyridine rings is 1. The smallest absolute Gasteiger partial charge is 0.175 e. The molecule has 0 saturated carbocycles. The van der Waals surface area contributed by atoms with E-state index in [0.29, 0.717) is 0 Å². The molecular formula is C9H8BrN3S3. The summed E-state index contributed by atoms with van der Waals surface area (Å²) in [6.45, 7) is 0. The second kappa shape index (κ2) is 6.00. The summed E-state index contributed by atoms with van der Waals surface area (Å²) >= 11 is 8.35. The van der Waals surface area contributed by atoms with Crippen LogP contribution in [0.2, 0.25) is 0 Å². The Morgan fingerprint density at radius 1 is 1.31 bits per heavy atom. The molecule has 84 valence electrons. The Bertz CT molecular complexity index is 475. The molecule has 0 fully saturated rings. The van der Waals surface area contributed by atoms with Gasteiger partial charge >= 0.3 is 0 Å². The first-order valence-electron chi connectivity index (χ1n) is 4.37. The lowest BCUT2D eigenvalue weighted by molar-refractivity contribution is 0.955. The molecule has 0 N–H and O–H groups in total. The van der Waals surface area contributed by atoms with Gasteiger partial charge in [-0.15, -0.1) is 10.2 Å². The van der Waals surface area contributed by atoms with Gasteiger partial charge in [-0.2, -0.15) is 0 Å². The number of halogens is 1. The first-order valence-corrected chi connectivity index (χ1v) is 8.19. The van der Waals surface area contributed by atoms with Crippen molar-refractivity contribution in [2.45, 2.75) is 14.4 Å². The summed E-state index contributed by atoms with van der Waals surface area (Å²) in [5.41, 5.74) is 1.18. The Morgan fingerprint density at radius 3 is 2.81 bits per heavy atom. The summed E-state index contributed by atoms with van der Waals surface area (Å²) in [6.07, 6.45) is 5.66. The van der Waals surface area contributed by atoms with Crippen molar-refractivity contribution in [1.29, 1.82) is 0 Å². The molecule has 0 unspecified atom stereocenters. The Balaban J connectivity index is 1.96. The van der Waals surface area contributed by atoms with Crippen LogP contribution in [0.4, 0.5) is 0 Å². The highest BCUT2D eigenvalue weighted by Gasteiger charge is 2.04. The lowest BCUT2D eigenvalue weighted by Crippen LogP contribution is -1.82. The fourth-order valence-electron chi connectivity index (χ4n) is 1.02. The normalized spacial score (nSPS) is 10.6. The minimum Gasteiger partial charge on any atom is -0.263 e. The maximum atomic E-state index is 4.12. The number of hydrogen-bond donors (Lipinski definition) is 0. The van der Waals surface area contributed by atoms with Crippen LogP contribution in [0.5, 0.6) is 0 Å². The zero-order chi connectivity index (χ0) is 11.4. The molecule has 0 radical (unpaired) electrons. The predicted molar refractivity (Wildman–Crippen MR) is 73.2 cm³/mol. The Morgan fingerprint density at radius 2 is 2.12 bits per heavy atom. The van der Waals surface area contributed by atoms with Gasteiger partial charge in [0.15, 0.2) is 8.68 Å². The molecule has 2 aromatic heterocycles. The lowest BCUT2D eigenvalue weighted by Gasteiger charge is -1.98. The standard InChI is InChI=1S/C9H8BrN3S3/c1-14-8-12-13-9(16-8)15-5-6-2-7(10)4-11-3-6/h2-4H,5H2,1H3. The topological polar surface area (TPSA) is 38.7 Å². The van der Waals surface area contributed by atoms with Gasteiger partial charge in [-0.3, -0.25) is 4.98 Å². The van der Waals surface area contributed by atoms with Gasteiger partial charge in [0.05, 0.1) is 0 Å². The van der Waals surface area contributed by atoms with Crippen LogP contribution in [0.25, 0.3) is 0 Å². The molecule has 2 heterocycles. The van der Waals surface area contributed by atoms with E-state index >= 15 is 0 Å². The van der Waals surface area contributed by atoms with Gasteiger partial charge < -0.3 is 0 Å². The molecule has 2 rings (SSSR count). The minimum atomic E-state index is 0.870. The zero-order valence-corrected chi connectivity index (χ0v) is 12.4. The summed E-state index contributed by atoms with van der Waals surface area (Å²) in [5, 5.41) is 8.15. The number of hydrogen-bond acceptors (Lipinski definition) is 6. The van der Waals surface area contributed by atoms with E-state index in [0.717, 1.165) is 18.9 Å². The van der Waals surface area contributed by atoms with Crippen molar-refractivity contribution in [3.63, 3.8) is 0 Å². The average molecular weight is 334 g/mol. The largest absolute Gasteiger partial charge is 0.263 e. The maximum Gasteiger partial charge on any atom is 0.175 e. The fraction of sp³-hybridized carbons (Fsp3) is 0.222. The van der Waals surface area contributed by atoms with Crippen molar-refractivity contribution in [1.82, 2.24) is 15.2 Å². The van der Waals surface area contributed by atoms with Gasteiger partial charge in [0.1, 0.15) is 0 Å². The molecule has 0 bridgehead atoms. The monoisotopic (exact) mass is 333 g/mol. The van der Waals surface area contributed by atoms with Crippen molar-refractivity contribution >= 4 is 50.8 Å². The van der Waals surface area contributed by atoms with Crippen LogP contribution < -0.4 is 0 Å². The Kier molecular flexibility index (Phi) is 4.63. The van der Waals surface area contributed by atoms with Crippen LogP contribution in [0.15, 0.2) is 31.6 Å². The molecule has 7 heteroatoms. The highest BCUT2D eigenvalue weighted by molar-refractivity contribution is 9.10. The molecule has 16 heavy (non-hydrogen) atoms. The van der Waals surface area contributed by atoms with Crippen molar-refractivity contribution in [2.75, 3.05) is 6.26 Å². The van der Waals surface area contributed by atoms with Gasteiger partial charge in [0.25, 0.3) is 0 Å². The van der Waals surface area contributed by atoms with E-state index in [1.807, 2.05) is 12.5 Å². The van der Waals surface area contributed by atoms with E-state index in [4.69, 9.17) is 0 Å². The van der Waals surface area contributed by atoms with Gasteiger partial charge in [-0.1, -0.05) is 34.9 Å². The average Bonchev–Trinajstić information content (AvgIpc) is 2.74. The molecule has 0 amide bonds. The second-order valence-electron chi connectivity index (χ2n) is 2.84. The molecule has 0 aromatic carbocycles. The summed E-state index contributed by atoms with van der Waals surface area (Å²) in [6, 6.07) is 2.07. The Labute approximate surface area is 115 Å². The SMILES string of the molecule is CSc1nnc(SCc2cncc(Br)c2)s1. The van der Waals surface area contributed by atoms with Gasteiger partial charge in [-0.25, -0.2) is 0 Å². The highest BCUT2D eigenvalue weighted by Crippen LogP contribution is 2.29. The number of aromatic nitrogens is 3. The highest BCUT2D eigenvalue weighted by atomic mass is 79.9. The molecular weight excluding hydrogens is 326 g/mol. The van der Waals surface area contributed by atoms with Gasteiger partial charge in [-0.05, 0) is 33.8 Å². The van der Waals surface area contributed by atoms with Crippen molar-refractivity contribution in [3.05, 3.63) is 28.5 Å². The van der Waals surface area contributed by atoms with Crippen molar-refractivity contribution in [3.8, 4) is 0 Å². The molecule has 0 spiro atoms. The number of thioether (sulfide) groups is 2. The van der Waals surface area contributed by atoms with Crippen molar-refractivity contribution < 1.29 is 0 Å². The first-order chi connectivity index (χ1) is 7.78. The number of rotatable bonds is 4. The zero-order valence-electron chi connectivity index (χ0n) is 8.38. The summed E-state index contributed by atoms with van der Waals surface area (Å²) in [5.74, 6) is 0.870. The van der Waals surface area contributed by atoms with Gasteiger partial charge in [0.2, 0.25) is 0 Å². The number of nitrogens with zero attached hydrogens (tertiary/aromatic N) is 3. The van der Waals surface area contributed by atoms with Crippen LogP contribution in [0.3, 0.4) is 0 Å². The van der Waals surface area contributed by atoms with E-state index in [-0.39, 0.29) is 0 Å². The quantitative estimate of drug-likeness (QED) is 0.797. The lowest BCUT2D eigenvalue weighted by atomic mass is 10.3. The molecule has 0 atom stereocenters. The third-order valence-electron chi connectivity index (χ3n) is 1.69. The molecule has 0 aliphatic rings. The summed E-state index contributed by atoms with van der Waals surface area (Å²) in [7, 11) is 0. The molecule has 0 saturated heterocycles. The third-order valence-corrected chi connectivity index (χ3v) is 5.22. The maximum absolute atomic E-state index is 4.12. The van der Waals surface area contributed by atoms with E-state index in [1.54, 1.807) is 41.1 Å². The van der Waals surface area contributed by atoms with Crippen LogP contribution in [-0.4, -0.2) is 21.4 Å². The third kappa shape index (κ3) is 3.44. The van der Waals surface area contributed by atoms with Crippen LogP contribution in [-0.2, 0) is 5.75 Å². The predicted octanol–water partition coefficient (Wildman–Crippen LogP) is 3.71. The van der Waals surface area contributed by atoms with E-state index in [9.17, 15) is 0 Å². The van der Waals surface area contributed by atoms with Crippen LogP contribution in [0.1, 0.15) is 5.56 Å². The Hall–Kier alpha value is -0.110. The fourth-order valence-corrected chi connectivity index (χ4v) is 3.79. The molecule has 0 aliphatic heterocycles. The van der Waals surface area contributed by atoms with E-state index in [1.165, 1.54) is 5.56 Å². The van der Waals surface area contributed by atoms with E-state index in [2.05, 4.69) is 37.2 Å². The molecule has 0 aliphatic carbocycles. The molecule has 2 aromatic rings.